The van der Waals surface area contributed by atoms with Crippen molar-refractivity contribution in [3.63, 3.8) is 0 Å². The Morgan fingerprint density at radius 1 is 0.291 bits per heavy atom. The van der Waals surface area contributed by atoms with Crippen LogP contribution in [0.1, 0.15) is 22.3 Å². The molecule has 4 nitrogen and oxygen atoms in total. The second kappa shape index (κ2) is 12.4. The van der Waals surface area contributed by atoms with Gasteiger partial charge in [-0.05, 0) is 78.9 Å². The molecule has 0 radical (unpaired) electrons. The number of pyridine rings is 1. The van der Waals surface area contributed by atoms with Gasteiger partial charge in [-0.15, -0.1) is 0 Å². The van der Waals surface area contributed by atoms with Crippen molar-refractivity contribution in [1.29, 1.82) is 0 Å². The number of fused-ring (bicyclic) bond motifs is 10. The summed E-state index contributed by atoms with van der Waals surface area (Å²) in [4.78, 5) is 19.8. The fraction of sp³-hybridized carbons (Fsp3) is 0.0196. The van der Waals surface area contributed by atoms with Crippen molar-refractivity contribution in [2.45, 2.75) is 5.41 Å². The minimum Gasteiger partial charge on any atom is -0.264 e. The lowest BCUT2D eigenvalue weighted by atomic mass is 9.70. The van der Waals surface area contributed by atoms with Crippen LogP contribution >= 0.6 is 0 Å². The Balaban J connectivity index is 1.10. The van der Waals surface area contributed by atoms with Gasteiger partial charge in [0.05, 0.1) is 5.41 Å². The highest BCUT2D eigenvalue weighted by Gasteiger charge is 2.51. The molecule has 2 aliphatic rings. The van der Waals surface area contributed by atoms with Crippen LogP contribution < -0.4 is 0 Å². The third-order valence-electron chi connectivity index (χ3n) is 11.3. The summed E-state index contributed by atoms with van der Waals surface area (Å²) in [5, 5.41) is 0. The van der Waals surface area contributed by atoms with Crippen molar-refractivity contribution in [3.8, 4) is 78.7 Å². The van der Waals surface area contributed by atoms with E-state index in [2.05, 4.69) is 175 Å². The summed E-state index contributed by atoms with van der Waals surface area (Å²) in [5.41, 5.74) is 17.1. The summed E-state index contributed by atoms with van der Waals surface area (Å²) in [6, 6.07) is 64.8. The SMILES string of the molecule is c1ccc(-c2ccc(-c3nc(-c4ccc(-c5cccnc5)cc4)nc(-c4ccc5c(c4)C4(c6ccccc6-c6ccccc64)c4ccccc4-5)n3)cc2)cc1. The fourth-order valence-corrected chi connectivity index (χ4v) is 8.78. The first-order valence-corrected chi connectivity index (χ1v) is 18.6. The minimum atomic E-state index is -0.455. The Morgan fingerprint density at radius 2 is 0.691 bits per heavy atom. The molecule has 2 aromatic heterocycles. The van der Waals surface area contributed by atoms with Gasteiger partial charge < -0.3 is 0 Å². The van der Waals surface area contributed by atoms with Gasteiger partial charge >= 0.3 is 0 Å². The number of aromatic nitrogens is 4. The zero-order valence-electron chi connectivity index (χ0n) is 29.8. The van der Waals surface area contributed by atoms with Crippen LogP contribution in [0.3, 0.4) is 0 Å². The van der Waals surface area contributed by atoms with E-state index in [-0.39, 0.29) is 0 Å². The van der Waals surface area contributed by atoms with Gasteiger partial charge in [0.15, 0.2) is 17.5 Å². The topological polar surface area (TPSA) is 51.6 Å². The molecule has 0 unspecified atom stereocenters. The summed E-state index contributed by atoms with van der Waals surface area (Å²) in [6.07, 6.45) is 3.68. The Hall–Kier alpha value is -7.30. The lowest BCUT2D eigenvalue weighted by molar-refractivity contribution is 0.794. The van der Waals surface area contributed by atoms with E-state index in [1.165, 1.54) is 50.1 Å². The Bertz CT molecular complexity index is 2740. The lowest BCUT2D eigenvalue weighted by Gasteiger charge is -2.30. The van der Waals surface area contributed by atoms with Crippen molar-refractivity contribution >= 4 is 0 Å². The Kier molecular flexibility index (Phi) is 7.04. The predicted octanol–water partition coefficient (Wildman–Crippen LogP) is 11.9. The van der Waals surface area contributed by atoms with Crippen LogP contribution in [0.4, 0.5) is 0 Å². The van der Waals surface area contributed by atoms with Crippen molar-refractivity contribution in [3.05, 3.63) is 217 Å². The summed E-state index contributed by atoms with van der Waals surface area (Å²) >= 11 is 0. The first-order chi connectivity index (χ1) is 27.3. The third-order valence-corrected chi connectivity index (χ3v) is 11.3. The van der Waals surface area contributed by atoms with Crippen LogP contribution in [-0.4, -0.2) is 19.9 Å². The monoisotopic (exact) mass is 700 g/mol. The quantitative estimate of drug-likeness (QED) is 0.179. The number of benzene rings is 7. The van der Waals surface area contributed by atoms with Crippen LogP contribution in [0.25, 0.3) is 78.7 Å². The van der Waals surface area contributed by atoms with Crippen molar-refractivity contribution in [2.24, 2.45) is 0 Å². The molecule has 2 aliphatic carbocycles. The van der Waals surface area contributed by atoms with Crippen LogP contribution in [0, 0.1) is 0 Å². The average Bonchev–Trinajstić information content (AvgIpc) is 3.74. The summed E-state index contributed by atoms with van der Waals surface area (Å²) in [5.74, 6) is 1.89. The first-order valence-electron chi connectivity index (χ1n) is 18.6. The van der Waals surface area contributed by atoms with Crippen LogP contribution in [0.5, 0.6) is 0 Å². The molecule has 0 aliphatic heterocycles. The zero-order chi connectivity index (χ0) is 36.3. The van der Waals surface area contributed by atoms with Crippen molar-refractivity contribution < 1.29 is 0 Å². The number of nitrogens with zero attached hydrogens (tertiary/aromatic N) is 4. The molecule has 0 fully saturated rings. The van der Waals surface area contributed by atoms with Crippen molar-refractivity contribution in [1.82, 2.24) is 19.9 Å². The summed E-state index contributed by atoms with van der Waals surface area (Å²) < 4.78 is 0. The number of hydrogen-bond acceptors (Lipinski definition) is 4. The Morgan fingerprint density at radius 3 is 1.22 bits per heavy atom. The van der Waals surface area contributed by atoms with Crippen LogP contribution in [0.2, 0.25) is 0 Å². The predicted molar refractivity (Wildman–Crippen MR) is 221 cm³/mol. The standard InChI is InChI=1S/C51H32N4/c1-2-11-33(12-3-1)34-20-24-36(25-21-34)48-53-49(37-26-22-35(23-27-37)39-13-10-30-52-32-39)55-50(54-48)38-28-29-43-42-16-6-9-19-46(42)51(47(43)31-38)44-17-7-4-14-40(44)41-15-5-8-18-45(41)51/h1-32H. The first kappa shape index (κ1) is 31.2. The molecule has 0 bridgehead atoms. The fourth-order valence-electron chi connectivity index (χ4n) is 8.78. The molecule has 0 saturated carbocycles. The molecule has 4 heteroatoms. The highest BCUT2D eigenvalue weighted by atomic mass is 15.0. The largest absolute Gasteiger partial charge is 0.264 e. The van der Waals surface area contributed by atoms with Crippen molar-refractivity contribution in [2.75, 3.05) is 0 Å². The molecule has 2 heterocycles. The Labute approximate surface area is 319 Å². The van der Waals surface area contributed by atoms with E-state index in [0.717, 1.165) is 33.4 Å². The molecule has 55 heavy (non-hydrogen) atoms. The number of rotatable bonds is 5. The van der Waals surface area contributed by atoms with E-state index in [0.29, 0.717) is 17.5 Å². The zero-order valence-corrected chi connectivity index (χ0v) is 29.8. The lowest BCUT2D eigenvalue weighted by Crippen LogP contribution is -2.25. The molecule has 7 aromatic carbocycles. The summed E-state index contributed by atoms with van der Waals surface area (Å²) in [6.45, 7) is 0. The highest BCUT2D eigenvalue weighted by molar-refractivity contribution is 5.95. The van der Waals surface area contributed by atoms with Gasteiger partial charge in [0.1, 0.15) is 0 Å². The molecule has 0 atom stereocenters. The van der Waals surface area contributed by atoms with Gasteiger partial charge in [-0.1, -0.05) is 170 Å². The van der Waals surface area contributed by atoms with Crippen LogP contribution in [-0.2, 0) is 5.41 Å². The molecular weight excluding hydrogens is 669 g/mol. The van der Waals surface area contributed by atoms with E-state index in [4.69, 9.17) is 15.0 Å². The smallest absolute Gasteiger partial charge is 0.164 e. The maximum atomic E-state index is 5.21. The molecule has 9 aromatic rings. The van der Waals surface area contributed by atoms with Crippen LogP contribution in [0.15, 0.2) is 194 Å². The molecule has 0 amide bonds. The van der Waals surface area contributed by atoms with E-state index >= 15 is 0 Å². The van der Waals surface area contributed by atoms with E-state index in [9.17, 15) is 0 Å². The average molecular weight is 701 g/mol. The molecule has 1 spiro atoms. The van der Waals surface area contributed by atoms with E-state index in [1.807, 2.05) is 18.3 Å². The van der Waals surface area contributed by atoms with Gasteiger partial charge in [0, 0.05) is 29.1 Å². The summed E-state index contributed by atoms with van der Waals surface area (Å²) in [7, 11) is 0. The minimum absolute atomic E-state index is 0.455. The van der Waals surface area contributed by atoms with Gasteiger partial charge in [-0.25, -0.2) is 15.0 Å². The highest BCUT2D eigenvalue weighted by Crippen LogP contribution is 2.63. The third kappa shape index (κ3) is 4.85. The maximum absolute atomic E-state index is 5.21. The molecule has 11 rings (SSSR count). The second-order valence-electron chi connectivity index (χ2n) is 14.2. The molecule has 256 valence electrons. The van der Waals surface area contributed by atoms with Gasteiger partial charge in [0.25, 0.3) is 0 Å². The van der Waals surface area contributed by atoms with Gasteiger partial charge in [-0.2, -0.15) is 0 Å². The van der Waals surface area contributed by atoms with E-state index in [1.54, 1.807) is 6.20 Å². The molecule has 0 N–H and O–H groups in total. The maximum Gasteiger partial charge on any atom is 0.164 e. The van der Waals surface area contributed by atoms with E-state index < -0.39 is 5.41 Å². The second-order valence-corrected chi connectivity index (χ2v) is 14.2. The van der Waals surface area contributed by atoms with Gasteiger partial charge in [0.2, 0.25) is 0 Å². The molecule has 0 saturated heterocycles. The van der Waals surface area contributed by atoms with Gasteiger partial charge in [-0.3, -0.25) is 4.98 Å². The normalized spacial score (nSPS) is 12.9. The number of hydrogen-bond donors (Lipinski definition) is 0. The molecular formula is C51H32N4.